The van der Waals surface area contributed by atoms with Crippen LogP contribution in [0, 0.1) is 12.3 Å². The zero-order valence-corrected chi connectivity index (χ0v) is 18.8. The number of aromatic amines is 1. The number of nitrogens with one attached hydrogen (secondary N) is 1. The van der Waals surface area contributed by atoms with Crippen LogP contribution in [0.3, 0.4) is 0 Å². The smallest absolute Gasteiger partial charge is 0.314 e. The predicted molar refractivity (Wildman–Crippen MR) is 122 cm³/mol. The molecule has 1 aliphatic heterocycles. The van der Waals surface area contributed by atoms with Crippen LogP contribution in [0.25, 0.3) is 11.0 Å². The molecule has 7 nitrogen and oxygen atoms in total. The van der Waals surface area contributed by atoms with Crippen molar-refractivity contribution in [2.24, 2.45) is 5.41 Å². The maximum atomic E-state index is 13.4. The summed E-state index contributed by atoms with van der Waals surface area (Å²) in [6.45, 7) is 4.94. The second kappa shape index (κ2) is 9.02. The average Bonchev–Trinajstić information content (AvgIpc) is 3.18. The number of ether oxygens (including phenoxy) is 2. The third-order valence-corrected chi connectivity index (χ3v) is 6.10. The first-order valence-corrected chi connectivity index (χ1v) is 11.0. The lowest BCUT2D eigenvalue weighted by molar-refractivity contribution is -0.158. The molecule has 0 bridgehead atoms. The molecule has 3 aromatic rings. The van der Waals surface area contributed by atoms with Gasteiger partial charge in [-0.15, -0.1) is 0 Å². The van der Waals surface area contributed by atoms with E-state index >= 15 is 0 Å². The monoisotopic (exact) mass is 435 g/mol. The van der Waals surface area contributed by atoms with Gasteiger partial charge in [-0.25, -0.2) is 4.98 Å². The van der Waals surface area contributed by atoms with Gasteiger partial charge in [0.15, 0.2) is 0 Å². The van der Waals surface area contributed by atoms with Crippen molar-refractivity contribution in [2.45, 2.75) is 33.1 Å². The van der Waals surface area contributed by atoms with E-state index < -0.39 is 5.41 Å². The number of carbonyl (C=O) groups is 2. The molecule has 1 saturated heterocycles. The predicted octanol–water partition coefficient (Wildman–Crippen LogP) is 3.91. The zero-order chi connectivity index (χ0) is 22.7. The van der Waals surface area contributed by atoms with E-state index in [1.807, 2.05) is 50.2 Å². The number of hydrogen-bond acceptors (Lipinski definition) is 5. The van der Waals surface area contributed by atoms with E-state index in [0.29, 0.717) is 38.1 Å². The number of aryl methyl sites for hydroxylation is 1. The first kappa shape index (κ1) is 21.9. The molecule has 1 amide bonds. The molecule has 1 fully saturated rings. The molecular weight excluding hydrogens is 406 g/mol. The van der Waals surface area contributed by atoms with Crippen LogP contribution in [0.5, 0.6) is 5.75 Å². The highest BCUT2D eigenvalue weighted by atomic mass is 16.5. The molecule has 32 heavy (non-hydrogen) atoms. The van der Waals surface area contributed by atoms with Crippen LogP contribution >= 0.6 is 0 Å². The third-order valence-electron chi connectivity index (χ3n) is 6.10. The lowest BCUT2D eigenvalue weighted by atomic mass is 9.75. The van der Waals surface area contributed by atoms with Crippen molar-refractivity contribution in [3.63, 3.8) is 0 Å². The summed E-state index contributed by atoms with van der Waals surface area (Å²) in [7, 11) is 1.62. The van der Waals surface area contributed by atoms with Gasteiger partial charge in [0.2, 0.25) is 0 Å². The van der Waals surface area contributed by atoms with E-state index in [2.05, 4.69) is 9.97 Å². The number of aromatic nitrogens is 2. The first-order valence-electron chi connectivity index (χ1n) is 11.0. The molecule has 7 heteroatoms. The Hall–Kier alpha value is -3.35. The van der Waals surface area contributed by atoms with Crippen LogP contribution in [0.15, 0.2) is 42.5 Å². The molecule has 2 heterocycles. The highest BCUT2D eigenvalue weighted by Gasteiger charge is 2.45. The van der Waals surface area contributed by atoms with Crippen molar-refractivity contribution in [3.05, 3.63) is 59.4 Å². The fourth-order valence-electron chi connectivity index (χ4n) is 4.60. The Bertz CT molecular complexity index is 1140. The second-order valence-corrected chi connectivity index (χ2v) is 8.41. The molecule has 1 atom stereocenters. The number of H-pyrrole nitrogens is 1. The van der Waals surface area contributed by atoms with E-state index in [1.54, 1.807) is 18.1 Å². The number of carbonyl (C=O) groups excluding carboxylic acids is 2. The van der Waals surface area contributed by atoms with Crippen LogP contribution < -0.4 is 4.74 Å². The Morgan fingerprint density at radius 3 is 2.84 bits per heavy atom. The number of nitrogens with zero attached hydrogens (tertiary/aromatic N) is 2. The highest BCUT2D eigenvalue weighted by molar-refractivity contribution is 5.97. The second-order valence-electron chi connectivity index (χ2n) is 8.41. The van der Waals surface area contributed by atoms with Gasteiger partial charge in [-0.05, 0) is 69.0 Å². The van der Waals surface area contributed by atoms with Gasteiger partial charge in [-0.3, -0.25) is 9.59 Å². The highest BCUT2D eigenvalue weighted by Crippen LogP contribution is 2.36. The van der Waals surface area contributed by atoms with Gasteiger partial charge in [-0.2, -0.15) is 0 Å². The SMILES string of the molecule is CCOC(=O)[C@]1(Cc2cccc(OC)c2)CCCN(C(=O)c2ccc3nc(C)[nH]c3c2)C1. The maximum absolute atomic E-state index is 13.4. The quantitative estimate of drug-likeness (QED) is 0.594. The van der Waals surface area contributed by atoms with E-state index in [4.69, 9.17) is 9.47 Å². The molecule has 0 aliphatic carbocycles. The normalized spacial score (nSPS) is 18.5. The molecule has 4 rings (SSSR count). The van der Waals surface area contributed by atoms with E-state index in [-0.39, 0.29) is 11.9 Å². The van der Waals surface area contributed by atoms with Crippen molar-refractivity contribution >= 4 is 22.9 Å². The Balaban J connectivity index is 1.62. The molecule has 0 spiro atoms. The summed E-state index contributed by atoms with van der Waals surface area (Å²) in [6.07, 6.45) is 1.90. The topological polar surface area (TPSA) is 84.5 Å². The van der Waals surface area contributed by atoms with Gasteiger partial charge in [0.1, 0.15) is 11.6 Å². The maximum Gasteiger partial charge on any atom is 0.314 e. The third kappa shape index (κ3) is 4.33. The van der Waals surface area contributed by atoms with Gasteiger partial charge in [0.25, 0.3) is 5.91 Å². The fourth-order valence-corrected chi connectivity index (χ4v) is 4.60. The minimum absolute atomic E-state index is 0.0850. The minimum Gasteiger partial charge on any atom is -0.497 e. The summed E-state index contributed by atoms with van der Waals surface area (Å²) in [5.41, 5.74) is 2.45. The number of rotatable bonds is 6. The number of likely N-dealkylation sites (tertiary alicyclic amines) is 1. The number of fused-ring (bicyclic) bond motifs is 1. The van der Waals surface area contributed by atoms with Gasteiger partial charge in [0.05, 0.1) is 30.2 Å². The van der Waals surface area contributed by atoms with Crippen molar-refractivity contribution in [3.8, 4) is 5.75 Å². The van der Waals surface area contributed by atoms with E-state index in [0.717, 1.165) is 34.6 Å². The molecular formula is C25H29N3O4. The van der Waals surface area contributed by atoms with Crippen LogP contribution in [-0.4, -0.2) is 53.6 Å². The lowest BCUT2D eigenvalue weighted by Gasteiger charge is -2.41. The van der Waals surface area contributed by atoms with E-state index in [9.17, 15) is 9.59 Å². The Labute approximate surface area is 187 Å². The fraction of sp³-hybridized carbons (Fsp3) is 0.400. The number of amides is 1. The largest absolute Gasteiger partial charge is 0.497 e. The van der Waals surface area contributed by atoms with Gasteiger partial charge < -0.3 is 19.4 Å². The molecule has 0 saturated carbocycles. The molecule has 0 radical (unpaired) electrons. The molecule has 0 unspecified atom stereocenters. The number of esters is 1. The molecule has 2 aromatic carbocycles. The van der Waals surface area contributed by atoms with Crippen LogP contribution in [-0.2, 0) is 16.0 Å². The van der Waals surface area contributed by atoms with Crippen LogP contribution in [0.4, 0.5) is 0 Å². The Kier molecular flexibility index (Phi) is 6.17. The van der Waals surface area contributed by atoms with Gasteiger partial charge >= 0.3 is 5.97 Å². The summed E-state index contributed by atoms with van der Waals surface area (Å²) in [5, 5.41) is 0. The number of hydrogen-bond donors (Lipinski definition) is 1. The van der Waals surface area contributed by atoms with Gasteiger partial charge in [0, 0.05) is 18.7 Å². The summed E-state index contributed by atoms with van der Waals surface area (Å²) in [5.74, 6) is 1.22. The molecule has 1 aliphatic rings. The standard InChI is InChI=1S/C25H29N3O4/c1-4-32-24(30)25(15-18-7-5-8-20(13-18)31-3)11-6-12-28(16-25)23(29)19-9-10-21-22(14-19)27-17(2)26-21/h5,7-10,13-14H,4,6,11-12,15-16H2,1-3H3,(H,26,27)/t25-/m0/s1. The van der Waals surface area contributed by atoms with Crippen LogP contribution in [0.1, 0.15) is 41.5 Å². The van der Waals surface area contributed by atoms with E-state index in [1.165, 1.54) is 0 Å². The number of benzene rings is 2. The van der Waals surface area contributed by atoms with Crippen molar-refractivity contribution in [1.82, 2.24) is 14.9 Å². The van der Waals surface area contributed by atoms with Crippen molar-refractivity contribution < 1.29 is 19.1 Å². The summed E-state index contributed by atoms with van der Waals surface area (Å²) >= 11 is 0. The number of methoxy groups -OCH3 is 1. The average molecular weight is 436 g/mol. The number of piperidine rings is 1. The lowest BCUT2D eigenvalue weighted by Crippen LogP contribution is -2.51. The molecule has 1 aromatic heterocycles. The summed E-state index contributed by atoms with van der Waals surface area (Å²) in [6, 6.07) is 13.2. The Morgan fingerprint density at radius 2 is 2.06 bits per heavy atom. The van der Waals surface area contributed by atoms with Crippen molar-refractivity contribution in [1.29, 1.82) is 0 Å². The van der Waals surface area contributed by atoms with Gasteiger partial charge in [-0.1, -0.05) is 12.1 Å². The first-order chi connectivity index (χ1) is 15.4. The Morgan fingerprint density at radius 1 is 1.22 bits per heavy atom. The minimum atomic E-state index is -0.787. The summed E-state index contributed by atoms with van der Waals surface area (Å²) in [4.78, 5) is 35.9. The zero-order valence-electron chi connectivity index (χ0n) is 18.8. The summed E-state index contributed by atoms with van der Waals surface area (Å²) < 4.78 is 10.8. The molecule has 1 N–H and O–H groups in total. The molecule has 168 valence electrons. The number of imidazole rings is 1. The van der Waals surface area contributed by atoms with Crippen LogP contribution in [0.2, 0.25) is 0 Å². The van der Waals surface area contributed by atoms with Crippen molar-refractivity contribution in [2.75, 3.05) is 26.8 Å².